The summed E-state index contributed by atoms with van der Waals surface area (Å²) in [5.41, 5.74) is 19.6. The van der Waals surface area contributed by atoms with Crippen LogP contribution in [-0.4, -0.2) is 9.85 Å². The van der Waals surface area contributed by atoms with E-state index in [1.807, 2.05) is 46.8 Å². The van der Waals surface area contributed by atoms with Crippen LogP contribution in [0.1, 0.15) is 33.3 Å². The Morgan fingerprint density at radius 1 is 0.725 bits per heavy atom. The van der Waals surface area contributed by atoms with Crippen LogP contribution in [0.4, 0.5) is 28.4 Å². The molecule has 0 bridgehead atoms. The molecular formula is C23H36ClI6N6O4-. The van der Waals surface area contributed by atoms with Crippen LogP contribution in [0.3, 0.4) is 0 Å². The van der Waals surface area contributed by atoms with Crippen LogP contribution in [0.15, 0.2) is 66.7 Å². The summed E-state index contributed by atoms with van der Waals surface area (Å²) in [5.74, 6) is 0. The monoisotopic (exact) mass is 1260 g/mol. The maximum Gasteiger partial charge on any atom is 0.269 e. The summed E-state index contributed by atoms with van der Waals surface area (Å²) in [4.78, 5) is 19.2. The number of nitrogen functional groups attached to an aromatic ring is 3. The molecule has 17 heteroatoms. The van der Waals surface area contributed by atoms with E-state index in [0.29, 0.717) is 24.0 Å². The van der Waals surface area contributed by atoms with Crippen molar-refractivity contribution in [3.05, 3.63) is 97.5 Å². The maximum atomic E-state index is 10.1. The van der Waals surface area contributed by atoms with Crippen molar-refractivity contribution in [3.8, 4) is 0 Å². The number of rotatable bonds is 2. The van der Waals surface area contributed by atoms with Crippen molar-refractivity contribution in [3.63, 3.8) is 0 Å². The van der Waals surface area contributed by atoms with Gasteiger partial charge in [-0.05, 0) is 55.0 Å². The third-order valence-corrected chi connectivity index (χ3v) is 3.69. The van der Waals surface area contributed by atoms with E-state index in [1.165, 1.54) is 48.5 Å². The molecule has 40 heavy (non-hydrogen) atoms. The Bertz CT molecular complexity index is 953. The molecule has 0 heterocycles. The summed E-state index contributed by atoms with van der Waals surface area (Å²) in [6, 6.07) is 16.9. The van der Waals surface area contributed by atoms with E-state index in [0.717, 1.165) is 16.9 Å². The molecule has 0 atom stereocenters. The number of hydrogen-bond donors (Lipinski definition) is 4. The third-order valence-electron chi connectivity index (χ3n) is 3.44. The second-order valence-electron chi connectivity index (χ2n) is 5.75. The van der Waals surface area contributed by atoms with Crippen LogP contribution < -0.4 is 36.6 Å². The Morgan fingerprint density at radius 3 is 1.30 bits per heavy atom. The van der Waals surface area contributed by atoms with Crippen molar-refractivity contribution < 1.29 is 23.1 Å². The number of benzene rings is 3. The summed E-state index contributed by atoms with van der Waals surface area (Å²) in [6.07, 6.45) is 0. The first-order chi connectivity index (χ1) is 18.0. The molecule has 3 aromatic carbocycles. The van der Waals surface area contributed by atoms with Crippen molar-refractivity contribution >= 4 is 138 Å². The largest absolute Gasteiger partial charge is 0.399 e. The fraction of sp³-hybridized carbons (Fsp3) is 0.217. The number of hydrogen-bond acceptors (Lipinski definition) is 8. The first-order valence-corrected chi connectivity index (χ1v) is 29.8. The minimum atomic E-state index is -0.462. The van der Waals surface area contributed by atoms with Crippen LogP contribution in [0.5, 0.6) is 0 Å². The Balaban J connectivity index is -0.0000000926. The molecule has 0 saturated carbocycles. The van der Waals surface area contributed by atoms with Crippen molar-refractivity contribution in [1.29, 1.82) is 0 Å². The predicted octanol–water partition coefficient (Wildman–Crippen LogP) is 7.96. The van der Waals surface area contributed by atoms with E-state index in [1.54, 1.807) is 6.07 Å². The Kier molecular flexibility index (Phi) is 49.8. The SMILES string of the molecule is CC.CC.Cc1cc(N)ccc1N.I.II.I[I-]I.N.Nc1ccc([N+](=O)[O-])cc1.O=[N+]([O-])c1ccc(Cl)cc1. The smallest absolute Gasteiger partial charge is 0.269 e. The van der Waals surface area contributed by atoms with Gasteiger partial charge in [-0.2, -0.15) is 0 Å². The molecule has 0 aliphatic carbocycles. The predicted molar refractivity (Wildman–Crippen MR) is 215 cm³/mol. The van der Waals surface area contributed by atoms with Gasteiger partial charge in [0.15, 0.2) is 0 Å². The standard InChI is InChI=1S/C7H10N2.C6H4ClNO2.C6H6N2O2.2C2H6.I3.I2.HI.H3N/c1-5-4-6(8)2-3-7(5)9;2*7-5-1-3-6(4-2-5)8(9)10;2*1-2;1-3-2;1-2;;/h2-4H,8-9H2,1H3;1-4H;1-4H,7H2;2*1-2H3;;;1H;1H3/q;;;;;-1;;;. The molecule has 0 amide bonds. The van der Waals surface area contributed by atoms with Gasteiger partial charge in [0, 0.05) is 83.6 Å². The second kappa shape index (κ2) is 37.5. The molecule has 232 valence electrons. The van der Waals surface area contributed by atoms with E-state index >= 15 is 0 Å². The fourth-order valence-electron chi connectivity index (χ4n) is 1.86. The topological polar surface area (TPSA) is 199 Å². The average molecular weight is 1260 g/mol. The zero-order valence-electron chi connectivity index (χ0n) is 22.5. The van der Waals surface area contributed by atoms with Gasteiger partial charge in [0.1, 0.15) is 0 Å². The van der Waals surface area contributed by atoms with Crippen LogP contribution in [-0.2, 0) is 0 Å². The molecule has 0 aliphatic heterocycles. The number of nitro benzene ring substituents is 2. The zero-order chi connectivity index (χ0) is 30.7. The van der Waals surface area contributed by atoms with Gasteiger partial charge in [-0.15, -0.1) is 24.0 Å². The summed E-state index contributed by atoms with van der Waals surface area (Å²) < 4.78 is 0. The van der Waals surface area contributed by atoms with Gasteiger partial charge < -0.3 is 23.4 Å². The van der Waals surface area contributed by atoms with E-state index < -0.39 is 9.85 Å². The van der Waals surface area contributed by atoms with Gasteiger partial charge >= 0.3 is 50.5 Å². The van der Waals surface area contributed by atoms with Crippen LogP contribution in [0.2, 0.25) is 5.02 Å². The molecule has 0 radical (unpaired) electrons. The first kappa shape index (κ1) is 53.1. The normalized spacial score (nSPS) is 7.75. The number of nitro groups is 2. The summed E-state index contributed by atoms with van der Waals surface area (Å²) in [7, 11) is 0. The van der Waals surface area contributed by atoms with E-state index in [2.05, 4.69) is 74.5 Å². The minimum absolute atomic E-state index is 0. The number of aryl methyl sites for hydroxylation is 1. The van der Waals surface area contributed by atoms with E-state index in [9.17, 15) is 20.2 Å². The van der Waals surface area contributed by atoms with Crippen molar-refractivity contribution in [2.45, 2.75) is 34.6 Å². The molecule has 0 fully saturated rings. The summed E-state index contributed by atoms with van der Waals surface area (Å²) >= 11 is 15.0. The number of anilines is 3. The molecule has 0 saturated heterocycles. The Hall–Kier alpha value is 0.490. The molecule has 0 aromatic heterocycles. The third kappa shape index (κ3) is 31.4. The van der Waals surface area contributed by atoms with Gasteiger partial charge in [0.05, 0.1) is 9.85 Å². The van der Waals surface area contributed by atoms with Gasteiger partial charge in [-0.1, -0.05) is 39.3 Å². The second-order valence-corrected chi connectivity index (χ2v) is 22.4. The summed E-state index contributed by atoms with van der Waals surface area (Å²) in [5, 5.41) is 20.7. The molecular weight excluding hydrogens is 1220 g/mol. The summed E-state index contributed by atoms with van der Waals surface area (Å²) in [6.45, 7) is 9.94. The van der Waals surface area contributed by atoms with E-state index in [4.69, 9.17) is 28.8 Å². The molecule has 9 N–H and O–H groups in total. The minimum Gasteiger partial charge on any atom is -0.399 e. The van der Waals surface area contributed by atoms with Gasteiger partial charge in [-0.3, -0.25) is 20.2 Å². The van der Waals surface area contributed by atoms with Gasteiger partial charge in [0.2, 0.25) is 0 Å². The average Bonchev–Trinajstić information content (AvgIpc) is 2.92. The van der Waals surface area contributed by atoms with Gasteiger partial charge in [0.25, 0.3) is 11.4 Å². The van der Waals surface area contributed by atoms with Crippen molar-refractivity contribution in [2.75, 3.05) is 17.2 Å². The van der Waals surface area contributed by atoms with E-state index in [-0.39, 0.29) is 41.5 Å². The van der Waals surface area contributed by atoms with Crippen LogP contribution >= 0.6 is 110 Å². The zero-order valence-corrected chi connectivity index (χ0v) is 36.4. The van der Waals surface area contributed by atoms with Crippen molar-refractivity contribution in [2.24, 2.45) is 0 Å². The molecule has 0 unspecified atom stereocenters. The number of nitrogens with zero attached hydrogens (tertiary/aromatic N) is 2. The molecule has 0 aliphatic rings. The number of non-ortho nitro benzene ring substituents is 2. The number of halogens is 7. The molecule has 3 rings (SSSR count). The Morgan fingerprint density at radius 2 is 1.02 bits per heavy atom. The Labute approximate surface area is 312 Å². The van der Waals surface area contributed by atoms with Crippen molar-refractivity contribution in [1.82, 2.24) is 6.15 Å². The van der Waals surface area contributed by atoms with Crippen LogP contribution in [0.25, 0.3) is 0 Å². The fourth-order valence-corrected chi connectivity index (χ4v) is 1.98. The molecule has 0 spiro atoms. The first-order valence-electron chi connectivity index (χ1n) is 10.5. The molecule has 10 nitrogen and oxygen atoms in total. The maximum absolute atomic E-state index is 10.1. The molecule has 3 aromatic rings. The van der Waals surface area contributed by atoms with Gasteiger partial charge in [-0.25, -0.2) is 0 Å². The van der Waals surface area contributed by atoms with Crippen LogP contribution in [0, 0.1) is 27.2 Å². The quantitative estimate of drug-likeness (QED) is 0.0857. The number of nitrogens with two attached hydrogens (primary N) is 3.